The van der Waals surface area contributed by atoms with Crippen molar-refractivity contribution in [2.75, 3.05) is 11.1 Å². The molecule has 3 aromatic carbocycles. The van der Waals surface area contributed by atoms with Gasteiger partial charge in [-0.05, 0) is 47.5 Å². The van der Waals surface area contributed by atoms with Gasteiger partial charge in [-0.15, -0.1) is 11.8 Å². The van der Waals surface area contributed by atoms with E-state index < -0.39 is 6.29 Å². The molecule has 38 heavy (non-hydrogen) atoms. The molecule has 0 spiro atoms. The summed E-state index contributed by atoms with van der Waals surface area (Å²) in [4.78, 5) is 17.0. The van der Waals surface area contributed by atoms with Crippen LogP contribution in [0.3, 0.4) is 0 Å². The highest BCUT2D eigenvalue weighted by atomic mass is 32.2. The lowest BCUT2D eigenvalue weighted by Crippen LogP contribution is -2.38. The van der Waals surface area contributed by atoms with Gasteiger partial charge in [0.05, 0.1) is 23.8 Å². The van der Waals surface area contributed by atoms with Gasteiger partial charge in [-0.1, -0.05) is 67.6 Å². The molecule has 1 fully saturated rings. The van der Waals surface area contributed by atoms with Crippen molar-refractivity contribution < 1.29 is 19.4 Å². The molecule has 194 valence electrons. The maximum absolute atomic E-state index is 12.5. The Kier molecular flexibility index (Phi) is 8.51. The third kappa shape index (κ3) is 6.31. The Labute approximate surface area is 227 Å². The Morgan fingerprint density at radius 2 is 1.61 bits per heavy atom. The van der Waals surface area contributed by atoms with Crippen LogP contribution in [0.25, 0.3) is 0 Å². The molecule has 1 aromatic heterocycles. The number of hydrogen-bond donors (Lipinski definition) is 2. The second kappa shape index (κ2) is 12.4. The smallest absolute Gasteiger partial charge is 0.255 e. The van der Waals surface area contributed by atoms with E-state index in [0.29, 0.717) is 11.3 Å². The lowest BCUT2D eigenvalue weighted by molar-refractivity contribution is -0.268. The lowest BCUT2D eigenvalue weighted by atomic mass is 9.91. The Morgan fingerprint density at radius 3 is 2.29 bits per heavy atom. The first-order chi connectivity index (χ1) is 18.6. The van der Waals surface area contributed by atoms with Crippen molar-refractivity contribution in [3.05, 3.63) is 126 Å². The molecule has 0 bridgehead atoms. The van der Waals surface area contributed by atoms with Gasteiger partial charge in [-0.3, -0.25) is 4.79 Å². The van der Waals surface area contributed by atoms with Crippen LogP contribution in [0.2, 0.25) is 0 Å². The predicted octanol–water partition coefficient (Wildman–Crippen LogP) is 6.41. The maximum Gasteiger partial charge on any atom is 0.255 e. The molecule has 0 saturated carbocycles. The first-order valence-electron chi connectivity index (χ1n) is 12.6. The number of hydrogen-bond acceptors (Lipinski definition) is 6. The second-order valence-electron chi connectivity index (χ2n) is 9.24. The number of aliphatic hydroxyl groups excluding tert-OH is 1. The first-order valence-corrected chi connectivity index (χ1v) is 13.6. The van der Waals surface area contributed by atoms with Crippen molar-refractivity contribution in [3.8, 4) is 0 Å². The number of benzene rings is 3. The number of nitrogens with zero attached hydrogens (tertiary/aromatic N) is 1. The molecule has 1 amide bonds. The zero-order chi connectivity index (χ0) is 26.3. The average Bonchev–Trinajstić information content (AvgIpc) is 2.98. The number of carbonyl (C=O) groups is 1. The van der Waals surface area contributed by atoms with Crippen LogP contribution in [0.5, 0.6) is 0 Å². The zero-order valence-corrected chi connectivity index (χ0v) is 21.9. The van der Waals surface area contributed by atoms with Crippen LogP contribution < -0.4 is 5.32 Å². The number of rotatable bonds is 8. The summed E-state index contributed by atoms with van der Waals surface area (Å²) in [6.07, 6.45) is 0.958. The molecule has 7 heteroatoms. The molecule has 6 nitrogen and oxygen atoms in total. The Hall–Kier alpha value is -3.49. The van der Waals surface area contributed by atoms with Crippen LogP contribution in [0.15, 0.2) is 108 Å². The van der Waals surface area contributed by atoms with E-state index in [9.17, 15) is 9.90 Å². The summed E-state index contributed by atoms with van der Waals surface area (Å²) in [5.41, 5.74) is 4.08. The SMILES string of the molecule is C[C@@H]1[C@H](CSc2ccccn2)O[C@H](c2ccc(NC(=O)c3ccccc3)cc2)O[C@@H]1c1ccc(CO)cc1. The standard InChI is InChI=1S/C31H30N2O4S/c1-21-27(20-38-28-9-5-6-18-32-28)36-31(37-29(21)23-12-10-22(19-34)11-13-23)25-14-16-26(17-15-25)33-30(35)24-7-3-2-4-8-24/h2-18,21,27,29,31,34H,19-20H2,1H3,(H,33,35)/t21-,27+,29+,31+/m1/s1. The molecule has 0 unspecified atom stereocenters. The Morgan fingerprint density at radius 1 is 0.895 bits per heavy atom. The number of anilines is 1. The fourth-order valence-electron chi connectivity index (χ4n) is 4.43. The molecule has 0 radical (unpaired) electrons. The van der Waals surface area contributed by atoms with E-state index in [4.69, 9.17) is 9.47 Å². The summed E-state index contributed by atoms with van der Waals surface area (Å²) in [6, 6.07) is 30.5. The van der Waals surface area contributed by atoms with Gasteiger partial charge < -0.3 is 19.9 Å². The minimum Gasteiger partial charge on any atom is -0.392 e. The number of nitrogens with one attached hydrogen (secondary N) is 1. The van der Waals surface area contributed by atoms with E-state index in [1.54, 1.807) is 30.1 Å². The van der Waals surface area contributed by atoms with Crippen molar-refractivity contribution in [1.82, 2.24) is 4.98 Å². The van der Waals surface area contributed by atoms with Gasteiger partial charge >= 0.3 is 0 Å². The minimum absolute atomic E-state index is 0.00357. The molecule has 5 rings (SSSR count). The molecule has 1 aliphatic rings. The highest BCUT2D eigenvalue weighted by Crippen LogP contribution is 2.43. The number of aromatic nitrogens is 1. The summed E-state index contributed by atoms with van der Waals surface area (Å²) in [5, 5.41) is 13.3. The molecule has 1 aliphatic heterocycles. The number of ether oxygens (including phenoxy) is 2. The summed E-state index contributed by atoms with van der Waals surface area (Å²) in [5.74, 6) is 0.663. The van der Waals surface area contributed by atoms with Gasteiger partial charge in [0.2, 0.25) is 0 Å². The third-order valence-corrected chi connectivity index (χ3v) is 7.67. The van der Waals surface area contributed by atoms with E-state index in [1.165, 1.54) is 0 Å². The number of carbonyl (C=O) groups excluding carboxylic acids is 1. The molecule has 2 N–H and O–H groups in total. The fraction of sp³-hybridized carbons (Fsp3) is 0.226. The van der Waals surface area contributed by atoms with Crippen LogP contribution in [-0.4, -0.2) is 27.9 Å². The van der Waals surface area contributed by atoms with E-state index in [-0.39, 0.29) is 30.6 Å². The van der Waals surface area contributed by atoms with Crippen molar-refractivity contribution in [2.45, 2.75) is 37.1 Å². The second-order valence-corrected chi connectivity index (χ2v) is 10.3. The first kappa shape index (κ1) is 26.1. The molecule has 1 saturated heterocycles. The van der Waals surface area contributed by atoms with Crippen LogP contribution in [0.4, 0.5) is 5.69 Å². The summed E-state index contributed by atoms with van der Waals surface area (Å²) in [6.45, 7) is 2.15. The van der Waals surface area contributed by atoms with Crippen LogP contribution >= 0.6 is 11.8 Å². The van der Waals surface area contributed by atoms with Crippen molar-refractivity contribution in [3.63, 3.8) is 0 Å². The van der Waals surface area contributed by atoms with Gasteiger partial charge in [0.25, 0.3) is 5.91 Å². The zero-order valence-electron chi connectivity index (χ0n) is 21.1. The molecule has 4 aromatic rings. The summed E-state index contributed by atoms with van der Waals surface area (Å²) < 4.78 is 13.0. The van der Waals surface area contributed by atoms with Crippen LogP contribution in [0, 0.1) is 5.92 Å². The van der Waals surface area contributed by atoms with Crippen molar-refractivity contribution in [1.29, 1.82) is 0 Å². The maximum atomic E-state index is 12.5. The number of aliphatic hydroxyl groups is 1. The van der Waals surface area contributed by atoms with E-state index in [0.717, 1.165) is 27.5 Å². The Bertz CT molecular complexity index is 1320. The van der Waals surface area contributed by atoms with Gasteiger partial charge in [0.15, 0.2) is 6.29 Å². The third-order valence-electron chi connectivity index (χ3n) is 6.63. The Balaban J connectivity index is 1.34. The van der Waals surface area contributed by atoms with Gasteiger partial charge in [0.1, 0.15) is 0 Å². The van der Waals surface area contributed by atoms with Crippen LogP contribution in [-0.2, 0) is 16.1 Å². The summed E-state index contributed by atoms with van der Waals surface area (Å²) >= 11 is 1.67. The molecule has 2 heterocycles. The monoisotopic (exact) mass is 526 g/mol. The number of amides is 1. The molecule has 0 aliphatic carbocycles. The fourth-order valence-corrected chi connectivity index (χ4v) is 5.45. The molecular weight excluding hydrogens is 496 g/mol. The van der Waals surface area contributed by atoms with E-state index in [2.05, 4.69) is 17.2 Å². The van der Waals surface area contributed by atoms with E-state index in [1.807, 2.05) is 84.9 Å². The predicted molar refractivity (Wildman–Crippen MR) is 149 cm³/mol. The summed E-state index contributed by atoms with van der Waals surface area (Å²) in [7, 11) is 0. The van der Waals surface area contributed by atoms with E-state index >= 15 is 0 Å². The lowest BCUT2D eigenvalue weighted by Gasteiger charge is -2.41. The minimum atomic E-state index is -0.568. The van der Waals surface area contributed by atoms with Crippen molar-refractivity contribution in [2.24, 2.45) is 5.92 Å². The number of pyridine rings is 1. The average molecular weight is 527 g/mol. The molecule has 4 atom stereocenters. The quantitative estimate of drug-likeness (QED) is 0.258. The highest BCUT2D eigenvalue weighted by Gasteiger charge is 2.38. The highest BCUT2D eigenvalue weighted by molar-refractivity contribution is 7.99. The van der Waals surface area contributed by atoms with Gasteiger partial charge in [-0.25, -0.2) is 4.98 Å². The van der Waals surface area contributed by atoms with Crippen LogP contribution in [0.1, 0.15) is 46.4 Å². The normalized spacial score (nSPS) is 21.1. The topological polar surface area (TPSA) is 80.7 Å². The van der Waals surface area contributed by atoms with Gasteiger partial charge in [-0.2, -0.15) is 0 Å². The molecular formula is C31H30N2O4S. The largest absolute Gasteiger partial charge is 0.392 e. The van der Waals surface area contributed by atoms with Gasteiger partial charge in [0, 0.05) is 34.7 Å². The van der Waals surface area contributed by atoms with Crippen molar-refractivity contribution >= 4 is 23.4 Å². The number of thioether (sulfide) groups is 1.